The molecule has 0 radical (unpaired) electrons. The largest absolute Gasteiger partial charge is 0.434 e. The zero-order chi connectivity index (χ0) is 19.2. The van der Waals surface area contributed by atoms with Crippen LogP contribution in [0, 0.1) is 0 Å². The second-order valence-electron chi connectivity index (χ2n) is 6.23. The van der Waals surface area contributed by atoms with Crippen molar-refractivity contribution in [1.29, 1.82) is 0 Å². The second kappa shape index (κ2) is 8.73. The van der Waals surface area contributed by atoms with Gasteiger partial charge < -0.3 is 9.26 Å². The highest BCUT2D eigenvalue weighted by molar-refractivity contribution is 5.63. The molecule has 0 saturated carbocycles. The van der Waals surface area contributed by atoms with Crippen LogP contribution >= 0.6 is 0 Å². The van der Waals surface area contributed by atoms with E-state index in [1.165, 1.54) is 17.2 Å². The van der Waals surface area contributed by atoms with E-state index in [1.807, 2.05) is 11.9 Å². The Morgan fingerprint density at radius 1 is 1.04 bits per heavy atom. The predicted molar refractivity (Wildman–Crippen MR) is 97.4 cm³/mol. The van der Waals surface area contributed by atoms with Crippen LogP contribution in [-0.4, -0.2) is 28.7 Å². The summed E-state index contributed by atoms with van der Waals surface area (Å²) in [5.74, 6) is 0.649. The molecule has 0 aliphatic heterocycles. The molecule has 0 bridgehead atoms. The Balaban J connectivity index is 1.67. The van der Waals surface area contributed by atoms with Crippen LogP contribution in [0.25, 0.3) is 11.4 Å². The molecule has 0 N–H and O–H groups in total. The molecule has 1 heterocycles. The highest BCUT2D eigenvalue weighted by Gasteiger charge is 2.16. The molecule has 7 heteroatoms. The van der Waals surface area contributed by atoms with Crippen molar-refractivity contribution >= 4 is 0 Å². The van der Waals surface area contributed by atoms with Gasteiger partial charge in [-0.25, -0.2) is 0 Å². The summed E-state index contributed by atoms with van der Waals surface area (Å²) < 4.78 is 34.9. The summed E-state index contributed by atoms with van der Waals surface area (Å²) in [5.41, 5.74) is 2.85. The molecule has 0 saturated heterocycles. The van der Waals surface area contributed by atoms with Crippen molar-refractivity contribution in [2.45, 2.75) is 33.0 Å². The monoisotopic (exact) mass is 373 g/mol. The van der Waals surface area contributed by atoms with Crippen molar-refractivity contribution in [3.05, 3.63) is 65.5 Å². The lowest BCUT2D eigenvalue weighted by Gasteiger charge is -2.14. The van der Waals surface area contributed by atoms with Crippen LogP contribution < -0.4 is 4.74 Å². The first-order chi connectivity index (χ1) is 13.0. The minimum Gasteiger partial charge on any atom is -0.434 e. The van der Waals surface area contributed by atoms with Crippen molar-refractivity contribution in [2.75, 3.05) is 7.05 Å². The SMILES string of the molecule is CCc1ccc(CN(C)Cc2nc(-c3ccccc3OC(F)F)no2)cc1. The van der Waals surface area contributed by atoms with Crippen molar-refractivity contribution in [3.63, 3.8) is 0 Å². The van der Waals surface area contributed by atoms with Crippen LogP contribution in [0.2, 0.25) is 0 Å². The summed E-state index contributed by atoms with van der Waals surface area (Å²) in [4.78, 5) is 6.35. The van der Waals surface area contributed by atoms with Gasteiger partial charge in [0.2, 0.25) is 11.7 Å². The van der Waals surface area contributed by atoms with Crippen molar-refractivity contribution in [3.8, 4) is 17.1 Å². The van der Waals surface area contributed by atoms with Crippen molar-refractivity contribution < 1.29 is 18.0 Å². The number of aryl methyl sites for hydroxylation is 1. The molecule has 1 aromatic heterocycles. The van der Waals surface area contributed by atoms with Crippen LogP contribution in [0.3, 0.4) is 0 Å². The number of alkyl halides is 2. The second-order valence-corrected chi connectivity index (χ2v) is 6.23. The van der Waals surface area contributed by atoms with Crippen LogP contribution in [0.4, 0.5) is 8.78 Å². The maximum absolute atomic E-state index is 12.6. The topological polar surface area (TPSA) is 51.4 Å². The van der Waals surface area contributed by atoms with Gasteiger partial charge in [-0.3, -0.25) is 4.90 Å². The lowest BCUT2D eigenvalue weighted by Crippen LogP contribution is -2.17. The van der Waals surface area contributed by atoms with Gasteiger partial charge in [-0.05, 0) is 36.7 Å². The van der Waals surface area contributed by atoms with Crippen LogP contribution in [0.5, 0.6) is 5.75 Å². The maximum atomic E-state index is 12.6. The predicted octanol–water partition coefficient (Wildman–Crippen LogP) is 4.53. The summed E-state index contributed by atoms with van der Waals surface area (Å²) in [6.07, 6.45) is 1.01. The standard InChI is InChI=1S/C20H21F2N3O2/c1-3-14-8-10-15(11-9-14)12-25(2)13-18-23-19(24-27-18)16-6-4-5-7-17(16)26-20(21)22/h4-11,20H,3,12-13H2,1-2H3. The molecule has 142 valence electrons. The van der Waals surface area contributed by atoms with E-state index in [-0.39, 0.29) is 11.6 Å². The minimum atomic E-state index is -2.91. The number of hydrogen-bond acceptors (Lipinski definition) is 5. The molecule has 0 unspecified atom stereocenters. The molecule has 3 aromatic rings. The van der Waals surface area contributed by atoms with E-state index in [2.05, 4.69) is 46.1 Å². The summed E-state index contributed by atoms with van der Waals surface area (Å²) >= 11 is 0. The summed E-state index contributed by atoms with van der Waals surface area (Å²) in [5, 5.41) is 3.90. The molecule has 2 aromatic carbocycles. The van der Waals surface area contributed by atoms with Crippen LogP contribution in [-0.2, 0) is 19.5 Å². The zero-order valence-corrected chi connectivity index (χ0v) is 15.2. The van der Waals surface area contributed by atoms with Gasteiger partial charge in [0.15, 0.2) is 0 Å². The van der Waals surface area contributed by atoms with Crippen molar-refractivity contribution in [1.82, 2.24) is 15.0 Å². The Kier molecular flexibility index (Phi) is 6.13. The van der Waals surface area contributed by atoms with E-state index in [1.54, 1.807) is 18.2 Å². The molecular weight excluding hydrogens is 352 g/mol. The summed E-state index contributed by atoms with van der Waals surface area (Å²) in [6.45, 7) is 0.383. The molecule has 0 aliphatic rings. The fourth-order valence-corrected chi connectivity index (χ4v) is 2.76. The molecule has 3 rings (SSSR count). The average molecular weight is 373 g/mol. The molecule has 0 fully saturated rings. The lowest BCUT2D eigenvalue weighted by molar-refractivity contribution is -0.0494. The Morgan fingerprint density at radius 2 is 1.74 bits per heavy atom. The molecule has 5 nitrogen and oxygen atoms in total. The van der Waals surface area contributed by atoms with Crippen LogP contribution in [0.1, 0.15) is 23.9 Å². The number of hydrogen-bond donors (Lipinski definition) is 0. The van der Waals surface area contributed by atoms with Gasteiger partial charge in [0.05, 0.1) is 12.1 Å². The molecule has 27 heavy (non-hydrogen) atoms. The molecular formula is C20H21F2N3O2. The summed E-state index contributed by atoms with van der Waals surface area (Å²) in [6, 6.07) is 14.8. The third-order valence-electron chi connectivity index (χ3n) is 4.10. The third kappa shape index (κ3) is 5.10. The molecule has 0 spiro atoms. The number of rotatable bonds is 8. The Bertz CT molecular complexity index is 866. The van der Waals surface area contributed by atoms with Gasteiger partial charge in [-0.15, -0.1) is 0 Å². The van der Waals surface area contributed by atoms with Gasteiger partial charge in [0.25, 0.3) is 0 Å². The van der Waals surface area contributed by atoms with Gasteiger partial charge in [-0.2, -0.15) is 13.8 Å². The van der Waals surface area contributed by atoms with Gasteiger partial charge >= 0.3 is 6.61 Å². The first-order valence-electron chi connectivity index (χ1n) is 8.68. The first-order valence-corrected chi connectivity index (χ1v) is 8.68. The number of ether oxygens (including phenoxy) is 1. The minimum absolute atomic E-state index is 0.0178. The quantitative estimate of drug-likeness (QED) is 0.581. The van der Waals surface area contributed by atoms with E-state index in [0.717, 1.165) is 13.0 Å². The van der Waals surface area contributed by atoms with Crippen LogP contribution in [0.15, 0.2) is 53.1 Å². The maximum Gasteiger partial charge on any atom is 0.387 e. The summed E-state index contributed by atoms with van der Waals surface area (Å²) in [7, 11) is 1.95. The first kappa shape index (κ1) is 19.0. The number of halogens is 2. The Hall–Kier alpha value is -2.80. The fourth-order valence-electron chi connectivity index (χ4n) is 2.76. The number of aromatic nitrogens is 2. The van der Waals surface area contributed by atoms with E-state index in [0.29, 0.717) is 18.0 Å². The van der Waals surface area contributed by atoms with Crippen molar-refractivity contribution in [2.24, 2.45) is 0 Å². The lowest BCUT2D eigenvalue weighted by atomic mass is 10.1. The number of nitrogens with zero attached hydrogens (tertiary/aromatic N) is 3. The average Bonchev–Trinajstić information content (AvgIpc) is 3.10. The highest BCUT2D eigenvalue weighted by Crippen LogP contribution is 2.29. The van der Waals surface area contributed by atoms with Gasteiger partial charge in [-0.1, -0.05) is 48.5 Å². The van der Waals surface area contributed by atoms with E-state index in [4.69, 9.17) is 4.52 Å². The van der Waals surface area contributed by atoms with Gasteiger partial charge in [0, 0.05) is 6.54 Å². The normalized spacial score (nSPS) is 11.3. The molecule has 0 aliphatic carbocycles. The molecule has 0 amide bonds. The Labute approximate surface area is 156 Å². The third-order valence-corrected chi connectivity index (χ3v) is 4.10. The van der Waals surface area contributed by atoms with Gasteiger partial charge in [0.1, 0.15) is 5.75 Å². The molecule has 0 atom stereocenters. The smallest absolute Gasteiger partial charge is 0.387 e. The van der Waals surface area contributed by atoms with E-state index >= 15 is 0 Å². The number of para-hydroxylation sites is 1. The fraction of sp³-hybridized carbons (Fsp3) is 0.300. The number of benzene rings is 2. The highest BCUT2D eigenvalue weighted by atomic mass is 19.3. The van der Waals surface area contributed by atoms with E-state index < -0.39 is 6.61 Å². The van der Waals surface area contributed by atoms with E-state index in [9.17, 15) is 8.78 Å². The Morgan fingerprint density at radius 3 is 2.44 bits per heavy atom. The zero-order valence-electron chi connectivity index (χ0n) is 15.2.